The molecule has 92 valence electrons. The lowest BCUT2D eigenvalue weighted by atomic mass is 10.4. The molecule has 1 rings (SSSR count). The van der Waals surface area contributed by atoms with Crippen molar-refractivity contribution >= 4 is 17.9 Å². The normalized spacial score (nSPS) is 10.5. The van der Waals surface area contributed by atoms with Crippen molar-refractivity contribution in [2.24, 2.45) is 0 Å². The first-order valence-electron chi connectivity index (χ1n) is 5.34. The zero-order valence-corrected chi connectivity index (χ0v) is 9.95. The van der Waals surface area contributed by atoms with E-state index in [4.69, 9.17) is 4.42 Å². The smallest absolute Gasteiger partial charge is 0.244 e. The minimum Gasteiger partial charge on any atom is -0.462 e. The van der Waals surface area contributed by atoms with Crippen molar-refractivity contribution < 1.29 is 14.0 Å². The highest BCUT2D eigenvalue weighted by molar-refractivity contribution is 5.91. The van der Waals surface area contributed by atoms with E-state index in [0.29, 0.717) is 18.8 Å². The summed E-state index contributed by atoms with van der Waals surface area (Å²) in [5.74, 6) is 1.11. The number of amides is 2. The first-order chi connectivity index (χ1) is 8.08. The second kappa shape index (κ2) is 6.52. The predicted molar refractivity (Wildman–Crippen MR) is 64.2 cm³/mol. The summed E-state index contributed by atoms with van der Waals surface area (Å²) in [5, 5.41) is 5.21. The quantitative estimate of drug-likeness (QED) is 0.588. The van der Waals surface area contributed by atoms with Crippen molar-refractivity contribution in [1.82, 2.24) is 10.6 Å². The molecule has 0 aromatic carbocycles. The molecule has 0 aliphatic carbocycles. The molecule has 17 heavy (non-hydrogen) atoms. The van der Waals surface area contributed by atoms with Gasteiger partial charge in [0.05, 0.1) is 0 Å². The lowest BCUT2D eigenvalue weighted by Gasteiger charge is -2.02. The zero-order valence-electron chi connectivity index (χ0n) is 9.95. The Kier molecular flexibility index (Phi) is 5.00. The van der Waals surface area contributed by atoms with Gasteiger partial charge in [0.1, 0.15) is 11.5 Å². The molecule has 2 N–H and O–H groups in total. The van der Waals surface area contributed by atoms with Crippen molar-refractivity contribution in [2.45, 2.75) is 13.8 Å². The molecule has 0 radical (unpaired) electrons. The van der Waals surface area contributed by atoms with Gasteiger partial charge in [0.15, 0.2) is 0 Å². The highest BCUT2D eigenvalue weighted by atomic mass is 16.3. The van der Waals surface area contributed by atoms with E-state index in [1.54, 1.807) is 12.1 Å². The molecular weight excluding hydrogens is 220 g/mol. The Balaban J connectivity index is 2.25. The van der Waals surface area contributed by atoms with E-state index in [9.17, 15) is 9.59 Å². The van der Waals surface area contributed by atoms with Crippen LogP contribution < -0.4 is 10.6 Å². The molecule has 1 aromatic heterocycles. The number of aryl methyl sites for hydroxylation is 1. The van der Waals surface area contributed by atoms with Crippen molar-refractivity contribution in [1.29, 1.82) is 0 Å². The fraction of sp³-hybridized carbons (Fsp3) is 0.333. The average molecular weight is 236 g/mol. The van der Waals surface area contributed by atoms with Crippen LogP contribution in [0.15, 0.2) is 22.6 Å². The summed E-state index contributed by atoms with van der Waals surface area (Å²) in [6.45, 7) is 4.10. The van der Waals surface area contributed by atoms with Gasteiger partial charge in [-0.15, -0.1) is 0 Å². The van der Waals surface area contributed by atoms with Crippen LogP contribution in [0.25, 0.3) is 6.08 Å². The lowest BCUT2D eigenvalue weighted by Crippen LogP contribution is -2.32. The maximum atomic E-state index is 11.3. The summed E-state index contributed by atoms with van der Waals surface area (Å²) in [6.07, 6.45) is 2.99. The number of rotatable bonds is 5. The number of nitrogens with one attached hydrogen (secondary N) is 2. The van der Waals surface area contributed by atoms with Gasteiger partial charge in [-0.2, -0.15) is 0 Å². The van der Waals surface area contributed by atoms with E-state index in [-0.39, 0.29) is 11.8 Å². The Hall–Kier alpha value is -2.04. The van der Waals surface area contributed by atoms with Crippen LogP contribution in [0.5, 0.6) is 0 Å². The molecule has 0 aliphatic rings. The fourth-order valence-corrected chi connectivity index (χ4v) is 1.18. The van der Waals surface area contributed by atoms with Gasteiger partial charge in [0.25, 0.3) is 0 Å². The molecule has 5 nitrogen and oxygen atoms in total. The number of carbonyl (C=O) groups excluding carboxylic acids is 2. The molecule has 0 aliphatic heterocycles. The second-order valence-corrected chi connectivity index (χ2v) is 3.56. The van der Waals surface area contributed by atoms with Crippen molar-refractivity contribution in [3.8, 4) is 0 Å². The maximum absolute atomic E-state index is 11.3. The first kappa shape index (κ1) is 13.0. The van der Waals surface area contributed by atoms with Crippen LogP contribution in [0, 0.1) is 6.92 Å². The minimum atomic E-state index is -0.218. The van der Waals surface area contributed by atoms with Crippen LogP contribution in [0.1, 0.15) is 18.4 Å². The van der Waals surface area contributed by atoms with Crippen LogP contribution in [-0.4, -0.2) is 24.9 Å². The maximum Gasteiger partial charge on any atom is 0.244 e. The molecule has 0 bridgehead atoms. The number of hydrogen-bond acceptors (Lipinski definition) is 3. The highest BCUT2D eigenvalue weighted by Gasteiger charge is 1.97. The molecule has 0 spiro atoms. The van der Waals surface area contributed by atoms with E-state index in [1.807, 2.05) is 13.0 Å². The van der Waals surface area contributed by atoms with Gasteiger partial charge in [-0.05, 0) is 25.1 Å². The van der Waals surface area contributed by atoms with E-state index in [1.165, 1.54) is 13.0 Å². The monoisotopic (exact) mass is 236 g/mol. The van der Waals surface area contributed by atoms with Gasteiger partial charge in [-0.3, -0.25) is 9.59 Å². The second-order valence-electron chi connectivity index (χ2n) is 3.56. The number of carbonyl (C=O) groups is 2. The summed E-state index contributed by atoms with van der Waals surface area (Å²) in [5.41, 5.74) is 0. The van der Waals surface area contributed by atoms with Gasteiger partial charge < -0.3 is 15.1 Å². The molecule has 1 aromatic rings. The molecule has 5 heteroatoms. The van der Waals surface area contributed by atoms with Crippen LogP contribution in [-0.2, 0) is 9.59 Å². The van der Waals surface area contributed by atoms with E-state index in [2.05, 4.69) is 10.6 Å². The molecule has 1 heterocycles. The molecular formula is C12H16N2O3. The van der Waals surface area contributed by atoms with Crippen molar-refractivity contribution in [3.63, 3.8) is 0 Å². The van der Waals surface area contributed by atoms with Crippen LogP contribution in [0.3, 0.4) is 0 Å². The Morgan fingerprint density at radius 1 is 1.29 bits per heavy atom. The third kappa shape index (κ3) is 5.55. The zero-order chi connectivity index (χ0) is 12.7. The Morgan fingerprint density at radius 3 is 2.59 bits per heavy atom. The number of hydrogen-bond donors (Lipinski definition) is 2. The third-order valence-corrected chi connectivity index (χ3v) is 1.96. The van der Waals surface area contributed by atoms with E-state index < -0.39 is 0 Å². The molecule has 0 fully saturated rings. The summed E-state index contributed by atoms with van der Waals surface area (Å²) < 4.78 is 5.27. The van der Waals surface area contributed by atoms with Crippen LogP contribution in [0.2, 0.25) is 0 Å². The van der Waals surface area contributed by atoms with Crippen molar-refractivity contribution in [2.75, 3.05) is 13.1 Å². The predicted octanol–water partition coefficient (Wildman–Crippen LogP) is 0.854. The van der Waals surface area contributed by atoms with Crippen LogP contribution >= 0.6 is 0 Å². The molecule has 0 atom stereocenters. The lowest BCUT2D eigenvalue weighted by molar-refractivity contribution is -0.119. The molecule has 0 unspecified atom stereocenters. The summed E-state index contributed by atoms with van der Waals surface area (Å²) in [6, 6.07) is 3.62. The van der Waals surface area contributed by atoms with Gasteiger partial charge in [-0.1, -0.05) is 0 Å². The van der Waals surface area contributed by atoms with Gasteiger partial charge in [-0.25, -0.2) is 0 Å². The molecule has 0 saturated heterocycles. The SMILES string of the molecule is CC(=O)NCCNC(=O)/C=C/c1ccc(C)o1. The van der Waals surface area contributed by atoms with E-state index >= 15 is 0 Å². The standard InChI is InChI=1S/C12H16N2O3/c1-9-3-4-11(17-9)5-6-12(16)14-8-7-13-10(2)15/h3-6H,7-8H2,1-2H3,(H,13,15)(H,14,16)/b6-5+. The fourth-order valence-electron chi connectivity index (χ4n) is 1.18. The summed E-state index contributed by atoms with van der Waals surface area (Å²) >= 11 is 0. The van der Waals surface area contributed by atoms with Crippen LogP contribution in [0.4, 0.5) is 0 Å². The largest absolute Gasteiger partial charge is 0.462 e. The van der Waals surface area contributed by atoms with Gasteiger partial charge in [0, 0.05) is 26.1 Å². The first-order valence-corrected chi connectivity index (χ1v) is 5.34. The summed E-state index contributed by atoms with van der Waals surface area (Å²) in [4.78, 5) is 21.9. The Bertz CT molecular complexity index is 421. The number of furan rings is 1. The Labute approximate surface area is 99.9 Å². The van der Waals surface area contributed by atoms with Gasteiger partial charge in [0.2, 0.25) is 11.8 Å². The average Bonchev–Trinajstić information content (AvgIpc) is 2.67. The van der Waals surface area contributed by atoms with Crippen molar-refractivity contribution in [3.05, 3.63) is 29.7 Å². The van der Waals surface area contributed by atoms with E-state index in [0.717, 1.165) is 5.76 Å². The molecule has 0 saturated carbocycles. The summed E-state index contributed by atoms with van der Waals surface area (Å²) in [7, 11) is 0. The van der Waals surface area contributed by atoms with Gasteiger partial charge >= 0.3 is 0 Å². The Morgan fingerprint density at radius 2 is 2.00 bits per heavy atom. The molecule has 2 amide bonds. The highest BCUT2D eigenvalue weighted by Crippen LogP contribution is 2.07. The minimum absolute atomic E-state index is 0.110. The third-order valence-electron chi connectivity index (χ3n) is 1.96. The topological polar surface area (TPSA) is 71.3 Å².